The number of hydrogen-bond acceptors (Lipinski definition) is 2. The molecule has 0 spiro atoms. The SMILES string of the molecule is CN(C)CCCNP(=O)(O)O. The molecule has 68 valence electrons. The van der Waals surface area contributed by atoms with Crippen LogP contribution < -0.4 is 5.09 Å². The average molecular weight is 182 g/mol. The first-order valence-electron chi connectivity index (χ1n) is 3.37. The number of nitrogens with one attached hydrogen (secondary N) is 1. The van der Waals surface area contributed by atoms with E-state index in [1.165, 1.54) is 0 Å². The molecule has 0 bridgehead atoms. The van der Waals surface area contributed by atoms with Gasteiger partial charge in [-0.2, -0.15) is 0 Å². The van der Waals surface area contributed by atoms with Gasteiger partial charge < -0.3 is 14.7 Å². The molecule has 0 rings (SSSR count). The summed E-state index contributed by atoms with van der Waals surface area (Å²) in [6.07, 6.45) is 0.734. The van der Waals surface area contributed by atoms with Crippen LogP contribution in [0.5, 0.6) is 0 Å². The Morgan fingerprint density at radius 3 is 2.36 bits per heavy atom. The van der Waals surface area contributed by atoms with Crippen LogP contribution in [0.15, 0.2) is 0 Å². The molecule has 0 unspecified atom stereocenters. The summed E-state index contributed by atoms with van der Waals surface area (Å²) in [5, 5.41) is 2.12. The van der Waals surface area contributed by atoms with Crippen LogP contribution in [-0.4, -0.2) is 41.9 Å². The van der Waals surface area contributed by atoms with Crippen LogP contribution >= 0.6 is 7.75 Å². The predicted octanol–water partition coefficient (Wildman–Crippen LogP) is -0.380. The molecule has 0 aromatic rings. The van der Waals surface area contributed by atoms with E-state index in [-0.39, 0.29) is 0 Å². The van der Waals surface area contributed by atoms with Crippen molar-refractivity contribution >= 4 is 7.75 Å². The smallest absolute Gasteiger partial charge is 0.313 e. The minimum Gasteiger partial charge on any atom is -0.313 e. The van der Waals surface area contributed by atoms with Crippen LogP contribution in [0, 0.1) is 0 Å². The standard InChI is InChI=1S/C5H15N2O3P/c1-7(2)5-3-4-6-11(8,9)10/h3-5H2,1-2H3,(H3,6,8,9,10). The largest absolute Gasteiger partial charge is 0.400 e. The molecule has 0 aliphatic rings. The molecule has 0 saturated carbocycles. The monoisotopic (exact) mass is 182 g/mol. The van der Waals surface area contributed by atoms with E-state index in [0.717, 1.165) is 13.0 Å². The van der Waals surface area contributed by atoms with Crippen molar-refractivity contribution in [3.05, 3.63) is 0 Å². The summed E-state index contributed by atoms with van der Waals surface area (Å²) in [4.78, 5) is 18.7. The number of nitrogens with zero attached hydrogens (tertiary/aromatic N) is 1. The van der Waals surface area contributed by atoms with Crippen LogP contribution in [0.25, 0.3) is 0 Å². The second-order valence-electron chi connectivity index (χ2n) is 2.61. The Balaban J connectivity index is 3.22. The Morgan fingerprint density at radius 1 is 1.45 bits per heavy atom. The normalized spacial score (nSPS) is 12.5. The first-order valence-corrected chi connectivity index (χ1v) is 4.98. The highest BCUT2D eigenvalue weighted by Crippen LogP contribution is 2.27. The van der Waals surface area contributed by atoms with Crippen molar-refractivity contribution in [3.8, 4) is 0 Å². The zero-order valence-corrected chi connectivity index (χ0v) is 7.71. The molecule has 0 aromatic heterocycles. The molecule has 0 atom stereocenters. The molecule has 6 heteroatoms. The number of hydrogen-bond donors (Lipinski definition) is 3. The highest BCUT2D eigenvalue weighted by atomic mass is 31.2. The van der Waals surface area contributed by atoms with Gasteiger partial charge in [0.1, 0.15) is 0 Å². The van der Waals surface area contributed by atoms with Gasteiger partial charge in [0, 0.05) is 6.54 Å². The summed E-state index contributed by atoms with van der Waals surface area (Å²) in [6.45, 7) is 1.18. The van der Waals surface area contributed by atoms with Crippen LogP contribution in [0.3, 0.4) is 0 Å². The molecule has 0 fully saturated rings. The van der Waals surface area contributed by atoms with E-state index in [2.05, 4.69) is 5.09 Å². The number of rotatable bonds is 5. The second-order valence-corrected chi connectivity index (χ2v) is 4.01. The van der Waals surface area contributed by atoms with Crippen molar-refractivity contribution in [1.29, 1.82) is 0 Å². The molecule has 0 aromatic carbocycles. The Hall–Kier alpha value is 0.0700. The second kappa shape index (κ2) is 4.85. The fourth-order valence-corrected chi connectivity index (χ4v) is 1.07. The molecular weight excluding hydrogens is 167 g/mol. The third kappa shape index (κ3) is 10.1. The molecular formula is C5H15N2O3P. The van der Waals surface area contributed by atoms with Crippen molar-refractivity contribution in [2.24, 2.45) is 0 Å². The summed E-state index contributed by atoms with van der Waals surface area (Å²) < 4.78 is 10.2. The van der Waals surface area contributed by atoms with Gasteiger partial charge in [-0.25, -0.2) is 9.65 Å². The van der Waals surface area contributed by atoms with E-state index in [9.17, 15) is 4.57 Å². The van der Waals surface area contributed by atoms with Crippen molar-refractivity contribution in [2.75, 3.05) is 27.2 Å². The van der Waals surface area contributed by atoms with Gasteiger partial charge in [0.2, 0.25) is 0 Å². The van der Waals surface area contributed by atoms with Gasteiger partial charge in [-0.3, -0.25) is 0 Å². The maximum Gasteiger partial charge on any atom is 0.400 e. The minimum absolute atomic E-state index is 0.350. The van der Waals surface area contributed by atoms with Crippen LogP contribution in [0.4, 0.5) is 0 Å². The summed E-state index contributed by atoms with van der Waals surface area (Å²) >= 11 is 0. The van der Waals surface area contributed by atoms with E-state index in [1.807, 2.05) is 19.0 Å². The van der Waals surface area contributed by atoms with Crippen LogP contribution in [0.2, 0.25) is 0 Å². The fraction of sp³-hybridized carbons (Fsp3) is 1.00. The van der Waals surface area contributed by atoms with Crippen molar-refractivity contribution < 1.29 is 14.4 Å². The topological polar surface area (TPSA) is 72.8 Å². The highest BCUT2D eigenvalue weighted by Gasteiger charge is 2.09. The van der Waals surface area contributed by atoms with E-state index < -0.39 is 7.75 Å². The summed E-state index contributed by atoms with van der Waals surface area (Å²) in [5.74, 6) is 0. The molecule has 0 aliphatic heterocycles. The lowest BCUT2D eigenvalue weighted by Gasteiger charge is -2.09. The summed E-state index contributed by atoms with van der Waals surface area (Å²) in [6, 6.07) is 0. The Bertz CT molecular complexity index is 145. The van der Waals surface area contributed by atoms with Gasteiger partial charge in [-0.15, -0.1) is 0 Å². The van der Waals surface area contributed by atoms with Gasteiger partial charge in [0.15, 0.2) is 0 Å². The Kier molecular flexibility index (Phi) is 4.88. The van der Waals surface area contributed by atoms with E-state index in [0.29, 0.717) is 6.54 Å². The first kappa shape index (κ1) is 11.1. The molecule has 3 N–H and O–H groups in total. The van der Waals surface area contributed by atoms with Crippen LogP contribution in [-0.2, 0) is 4.57 Å². The van der Waals surface area contributed by atoms with Gasteiger partial charge in [-0.1, -0.05) is 0 Å². The lowest BCUT2D eigenvalue weighted by molar-refractivity contribution is 0.350. The molecule has 11 heavy (non-hydrogen) atoms. The van der Waals surface area contributed by atoms with E-state index in [4.69, 9.17) is 9.79 Å². The molecule has 0 saturated heterocycles. The maximum absolute atomic E-state index is 10.2. The lowest BCUT2D eigenvalue weighted by Crippen LogP contribution is -2.19. The zero-order chi connectivity index (χ0) is 8.91. The summed E-state index contributed by atoms with van der Waals surface area (Å²) in [7, 11) is -0.166. The van der Waals surface area contributed by atoms with Crippen molar-refractivity contribution in [1.82, 2.24) is 9.99 Å². The van der Waals surface area contributed by atoms with E-state index >= 15 is 0 Å². The van der Waals surface area contributed by atoms with Gasteiger partial charge in [-0.05, 0) is 27.1 Å². The molecule has 0 aliphatic carbocycles. The Morgan fingerprint density at radius 2 is 2.00 bits per heavy atom. The third-order valence-corrected chi connectivity index (χ3v) is 1.74. The average Bonchev–Trinajstić information content (AvgIpc) is 1.78. The molecule has 0 heterocycles. The molecule has 5 nitrogen and oxygen atoms in total. The van der Waals surface area contributed by atoms with Gasteiger partial charge >= 0.3 is 7.75 Å². The van der Waals surface area contributed by atoms with Crippen molar-refractivity contribution in [2.45, 2.75) is 6.42 Å². The van der Waals surface area contributed by atoms with Gasteiger partial charge in [0.25, 0.3) is 0 Å². The predicted molar refractivity (Wildman–Crippen MR) is 43.2 cm³/mol. The van der Waals surface area contributed by atoms with Crippen LogP contribution in [0.1, 0.15) is 6.42 Å². The third-order valence-electron chi connectivity index (χ3n) is 1.10. The quantitative estimate of drug-likeness (QED) is 0.399. The highest BCUT2D eigenvalue weighted by molar-refractivity contribution is 7.49. The Labute approximate surface area is 66.6 Å². The van der Waals surface area contributed by atoms with Gasteiger partial charge in [0.05, 0.1) is 0 Å². The minimum atomic E-state index is -3.99. The zero-order valence-electron chi connectivity index (χ0n) is 6.82. The van der Waals surface area contributed by atoms with E-state index in [1.54, 1.807) is 0 Å². The molecule has 0 amide bonds. The van der Waals surface area contributed by atoms with Crippen molar-refractivity contribution in [3.63, 3.8) is 0 Å². The fourth-order valence-electron chi connectivity index (χ4n) is 0.620. The first-order chi connectivity index (χ1) is 4.92. The molecule has 0 radical (unpaired) electrons. The summed E-state index contributed by atoms with van der Waals surface area (Å²) in [5.41, 5.74) is 0. The maximum atomic E-state index is 10.2. The lowest BCUT2D eigenvalue weighted by atomic mass is 10.4.